The lowest BCUT2D eigenvalue weighted by atomic mass is 9.96. The third kappa shape index (κ3) is 2.55. The molecule has 1 aromatic carbocycles. The molecule has 0 spiro atoms. The highest BCUT2D eigenvalue weighted by molar-refractivity contribution is 6.31. The molecule has 0 fully saturated rings. The summed E-state index contributed by atoms with van der Waals surface area (Å²) < 4.78 is 5.15. The van der Waals surface area contributed by atoms with Gasteiger partial charge in [0.05, 0.1) is 7.11 Å². The van der Waals surface area contributed by atoms with Gasteiger partial charge in [0.1, 0.15) is 0 Å². The van der Waals surface area contributed by atoms with Crippen molar-refractivity contribution in [3.8, 4) is 11.5 Å². The fourth-order valence-electron chi connectivity index (χ4n) is 1.63. The van der Waals surface area contributed by atoms with Crippen molar-refractivity contribution in [2.24, 2.45) is 5.73 Å². The Morgan fingerprint density at radius 1 is 1.53 bits per heavy atom. The van der Waals surface area contributed by atoms with E-state index < -0.39 is 0 Å². The molecular weight excluding hydrogens is 214 g/mol. The Balaban J connectivity index is 3.18. The van der Waals surface area contributed by atoms with Crippen molar-refractivity contribution in [2.75, 3.05) is 13.7 Å². The zero-order valence-corrected chi connectivity index (χ0v) is 9.71. The number of rotatable bonds is 4. The molecule has 0 aliphatic rings. The Kier molecular flexibility index (Phi) is 4.24. The molecule has 0 aromatic heterocycles. The molecule has 15 heavy (non-hydrogen) atoms. The maximum absolute atomic E-state index is 9.62. The molecule has 0 saturated heterocycles. The third-order valence-corrected chi connectivity index (χ3v) is 2.75. The molecule has 1 unspecified atom stereocenters. The summed E-state index contributed by atoms with van der Waals surface area (Å²) in [5.74, 6) is 0.730. The summed E-state index contributed by atoms with van der Waals surface area (Å²) >= 11 is 6.08. The fourth-order valence-corrected chi connectivity index (χ4v) is 1.97. The van der Waals surface area contributed by atoms with Gasteiger partial charge in [0, 0.05) is 10.6 Å². The number of phenols is 1. The molecule has 4 heteroatoms. The molecule has 1 aromatic rings. The maximum Gasteiger partial charge on any atom is 0.165 e. The van der Waals surface area contributed by atoms with Gasteiger partial charge in [-0.1, -0.05) is 18.5 Å². The van der Waals surface area contributed by atoms with Crippen molar-refractivity contribution in [2.45, 2.75) is 19.3 Å². The molecular formula is C11H16ClNO2. The maximum atomic E-state index is 9.62. The van der Waals surface area contributed by atoms with Crippen LogP contribution in [0.25, 0.3) is 0 Å². The van der Waals surface area contributed by atoms with Crippen molar-refractivity contribution in [1.82, 2.24) is 0 Å². The zero-order valence-electron chi connectivity index (χ0n) is 8.96. The highest BCUT2D eigenvalue weighted by Crippen LogP contribution is 2.40. The Labute approximate surface area is 94.8 Å². The third-order valence-electron chi connectivity index (χ3n) is 2.42. The molecule has 0 amide bonds. The van der Waals surface area contributed by atoms with Crippen LogP contribution in [-0.2, 0) is 0 Å². The van der Waals surface area contributed by atoms with Gasteiger partial charge in [-0.3, -0.25) is 0 Å². The van der Waals surface area contributed by atoms with Crippen LogP contribution in [0.3, 0.4) is 0 Å². The Morgan fingerprint density at radius 2 is 2.20 bits per heavy atom. The van der Waals surface area contributed by atoms with Crippen LogP contribution in [0.15, 0.2) is 12.1 Å². The van der Waals surface area contributed by atoms with E-state index in [1.165, 1.54) is 13.2 Å². The Hall–Kier alpha value is -0.930. The summed E-state index contributed by atoms with van der Waals surface area (Å²) in [4.78, 5) is 0. The molecule has 84 valence electrons. The smallest absolute Gasteiger partial charge is 0.165 e. The van der Waals surface area contributed by atoms with E-state index in [0.29, 0.717) is 17.3 Å². The molecule has 1 atom stereocenters. The first kappa shape index (κ1) is 12.1. The molecule has 0 bridgehead atoms. The standard InChI is InChI=1S/C11H16ClNO2/c1-7(5-6-13)10-8(12)3-4-9(14)11(10)15-2/h3-4,7,14H,5-6,13H2,1-2H3. The predicted molar refractivity (Wildman–Crippen MR) is 61.8 cm³/mol. The molecule has 0 heterocycles. The monoisotopic (exact) mass is 229 g/mol. The lowest BCUT2D eigenvalue weighted by molar-refractivity contribution is 0.366. The highest BCUT2D eigenvalue weighted by Gasteiger charge is 2.17. The first-order chi connectivity index (χ1) is 7.11. The van der Waals surface area contributed by atoms with Crippen LogP contribution in [0, 0.1) is 0 Å². The van der Waals surface area contributed by atoms with Crippen LogP contribution >= 0.6 is 11.6 Å². The van der Waals surface area contributed by atoms with Crippen LogP contribution in [0.2, 0.25) is 5.02 Å². The summed E-state index contributed by atoms with van der Waals surface area (Å²) in [5, 5.41) is 10.2. The Morgan fingerprint density at radius 3 is 2.73 bits per heavy atom. The molecule has 0 saturated carbocycles. The van der Waals surface area contributed by atoms with E-state index in [4.69, 9.17) is 22.1 Å². The number of aromatic hydroxyl groups is 1. The van der Waals surface area contributed by atoms with E-state index in [-0.39, 0.29) is 11.7 Å². The molecule has 1 rings (SSSR count). The quantitative estimate of drug-likeness (QED) is 0.834. The number of benzene rings is 1. The normalized spacial score (nSPS) is 12.5. The van der Waals surface area contributed by atoms with E-state index in [2.05, 4.69) is 0 Å². The van der Waals surface area contributed by atoms with Crippen LogP contribution < -0.4 is 10.5 Å². The van der Waals surface area contributed by atoms with E-state index in [0.717, 1.165) is 12.0 Å². The summed E-state index contributed by atoms with van der Waals surface area (Å²) in [7, 11) is 1.52. The summed E-state index contributed by atoms with van der Waals surface area (Å²) in [6.45, 7) is 2.59. The molecule has 3 nitrogen and oxygen atoms in total. The lowest BCUT2D eigenvalue weighted by Crippen LogP contribution is -2.06. The minimum atomic E-state index is 0.112. The first-order valence-electron chi connectivity index (χ1n) is 4.87. The number of hydrogen-bond acceptors (Lipinski definition) is 3. The molecule has 3 N–H and O–H groups in total. The predicted octanol–water partition coefficient (Wildman–Crippen LogP) is 2.51. The second kappa shape index (κ2) is 5.24. The highest BCUT2D eigenvalue weighted by atomic mass is 35.5. The van der Waals surface area contributed by atoms with E-state index in [1.54, 1.807) is 6.07 Å². The SMILES string of the molecule is COc1c(O)ccc(Cl)c1C(C)CCN. The largest absolute Gasteiger partial charge is 0.504 e. The van der Waals surface area contributed by atoms with Crippen molar-refractivity contribution in [3.63, 3.8) is 0 Å². The number of ether oxygens (including phenoxy) is 1. The number of nitrogens with two attached hydrogens (primary N) is 1. The number of halogens is 1. The van der Waals surface area contributed by atoms with Crippen molar-refractivity contribution >= 4 is 11.6 Å². The van der Waals surface area contributed by atoms with Crippen molar-refractivity contribution < 1.29 is 9.84 Å². The Bertz CT molecular complexity index is 342. The number of phenolic OH excluding ortho intramolecular Hbond substituents is 1. The topological polar surface area (TPSA) is 55.5 Å². The van der Waals surface area contributed by atoms with Gasteiger partial charge in [-0.25, -0.2) is 0 Å². The van der Waals surface area contributed by atoms with Crippen LogP contribution in [0.5, 0.6) is 11.5 Å². The zero-order chi connectivity index (χ0) is 11.4. The van der Waals surface area contributed by atoms with Crippen molar-refractivity contribution in [1.29, 1.82) is 0 Å². The van der Waals surface area contributed by atoms with Gasteiger partial charge in [-0.05, 0) is 31.0 Å². The van der Waals surface area contributed by atoms with Crippen LogP contribution in [-0.4, -0.2) is 18.8 Å². The second-order valence-corrected chi connectivity index (χ2v) is 3.90. The molecule has 0 radical (unpaired) electrons. The van der Waals surface area contributed by atoms with E-state index in [1.807, 2.05) is 6.92 Å². The van der Waals surface area contributed by atoms with Crippen LogP contribution in [0.4, 0.5) is 0 Å². The minimum Gasteiger partial charge on any atom is -0.504 e. The fraction of sp³-hybridized carbons (Fsp3) is 0.455. The van der Waals surface area contributed by atoms with Gasteiger partial charge in [0.15, 0.2) is 11.5 Å². The average molecular weight is 230 g/mol. The van der Waals surface area contributed by atoms with Gasteiger partial charge < -0.3 is 15.6 Å². The van der Waals surface area contributed by atoms with Crippen LogP contribution in [0.1, 0.15) is 24.8 Å². The molecule has 0 aliphatic carbocycles. The number of methoxy groups -OCH3 is 1. The second-order valence-electron chi connectivity index (χ2n) is 3.49. The lowest BCUT2D eigenvalue weighted by Gasteiger charge is -2.17. The van der Waals surface area contributed by atoms with E-state index in [9.17, 15) is 5.11 Å². The van der Waals surface area contributed by atoms with Gasteiger partial charge in [-0.15, -0.1) is 0 Å². The summed E-state index contributed by atoms with van der Waals surface area (Å²) in [6.07, 6.45) is 0.805. The average Bonchev–Trinajstić information content (AvgIpc) is 2.21. The van der Waals surface area contributed by atoms with Gasteiger partial charge in [0.25, 0.3) is 0 Å². The van der Waals surface area contributed by atoms with Gasteiger partial charge in [-0.2, -0.15) is 0 Å². The minimum absolute atomic E-state index is 0.112. The van der Waals surface area contributed by atoms with Gasteiger partial charge >= 0.3 is 0 Å². The van der Waals surface area contributed by atoms with Crippen molar-refractivity contribution in [3.05, 3.63) is 22.7 Å². The first-order valence-corrected chi connectivity index (χ1v) is 5.25. The van der Waals surface area contributed by atoms with E-state index >= 15 is 0 Å². The molecule has 0 aliphatic heterocycles. The van der Waals surface area contributed by atoms with Gasteiger partial charge in [0.2, 0.25) is 0 Å². The summed E-state index contributed by atoms with van der Waals surface area (Å²) in [6, 6.07) is 3.20. The number of hydrogen-bond donors (Lipinski definition) is 2. The summed E-state index contributed by atoms with van der Waals surface area (Å²) in [5.41, 5.74) is 6.32.